The van der Waals surface area contributed by atoms with E-state index in [0.717, 1.165) is 36.3 Å². The molecule has 0 spiro atoms. The van der Waals surface area contributed by atoms with E-state index in [4.69, 9.17) is 14.0 Å². The van der Waals surface area contributed by atoms with E-state index in [-0.39, 0.29) is 18.7 Å². The van der Waals surface area contributed by atoms with Crippen molar-refractivity contribution in [3.05, 3.63) is 53.9 Å². The van der Waals surface area contributed by atoms with Crippen LogP contribution in [0.5, 0.6) is 11.5 Å². The summed E-state index contributed by atoms with van der Waals surface area (Å²) >= 11 is 0. The van der Waals surface area contributed by atoms with Crippen molar-refractivity contribution < 1.29 is 18.4 Å². The molecule has 1 atom stereocenters. The lowest BCUT2D eigenvalue weighted by molar-refractivity contribution is 0.174. The van der Waals surface area contributed by atoms with Gasteiger partial charge in [-0.1, -0.05) is 5.16 Å². The maximum Gasteiger partial charge on any atom is 0.241 e. The van der Waals surface area contributed by atoms with Crippen LogP contribution in [0.15, 0.2) is 40.9 Å². The summed E-state index contributed by atoms with van der Waals surface area (Å²) in [5.74, 6) is 3.01. The fourth-order valence-electron chi connectivity index (χ4n) is 4.13. The van der Waals surface area contributed by atoms with Crippen LogP contribution >= 0.6 is 0 Å². The predicted molar refractivity (Wildman–Crippen MR) is 104 cm³/mol. The number of H-pyrrole nitrogens is 1. The third-order valence-corrected chi connectivity index (χ3v) is 5.58. The molecule has 1 unspecified atom stereocenters. The van der Waals surface area contributed by atoms with Gasteiger partial charge in [-0.05, 0) is 55.8 Å². The summed E-state index contributed by atoms with van der Waals surface area (Å²) in [5.41, 5.74) is 2.28. The molecule has 152 valence electrons. The Labute approximate surface area is 170 Å². The zero-order chi connectivity index (χ0) is 20.1. The van der Waals surface area contributed by atoms with Gasteiger partial charge in [-0.25, -0.2) is 9.37 Å². The highest BCUT2D eigenvalue weighted by molar-refractivity contribution is 5.75. The maximum atomic E-state index is 13.5. The number of halogens is 1. The first kappa shape index (κ1) is 17.4. The van der Waals surface area contributed by atoms with E-state index in [2.05, 4.69) is 25.0 Å². The Morgan fingerprint density at radius 1 is 1.10 bits per heavy atom. The van der Waals surface area contributed by atoms with Gasteiger partial charge in [-0.15, -0.1) is 0 Å². The second-order valence-corrected chi connectivity index (χ2v) is 7.49. The molecule has 2 aromatic heterocycles. The number of imidazole rings is 1. The fourth-order valence-corrected chi connectivity index (χ4v) is 4.13. The summed E-state index contributed by atoms with van der Waals surface area (Å²) in [6.07, 6.45) is 2.00. The lowest BCUT2D eigenvalue weighted by Gasteiger charge is -2.20. The molecule has 8 nitrogen and oxygen atoms in total. The molecule has 0 amide bonds. The lowest BCUT2D eigenvalue weighted by Crippen LogP contribution is -2.23. The second-order valence-electron chi connectivity index (χ2n) is 7.49. The van der Waals surface area contributed by atoms with Crippen LogP contribution in [-0.2, 0) is 6.54 Å². The first-order valence-corrected chi connectivity index (χ1v) is 9.85. The standard InChI is InChI=1S/C21H18FN5O3/c22-13-4-5-14-15(9-13)24-21(23-14)16-2-1-7-27(16)10-19-25-20(26-30-19)12-3-6-17-18(8-12)29-11-28-17/h3-6,8-9,16H,1-2,7,10-11H2,(H,23,24). The van der Waals surface area contributed by atoms with Crippen molar-refractivity contribution in [3.63, 3.8) is 0 Å². The zero-order valence-corrected chi connectivity index (χ0v) is 16.0. The van der Waals surface area contributed by atoms with Crippen LogP contribution in [0.25, 0.3) is 22.4 Å². The Kier molecular flexibility index (Phi) is 3.95. The molecule has 0 bridgehead atoms. The molecule has 0 radical (unpaired) electrons. The molecule has 1 fully saturated rings. The Morgan fingerprint density at radius 3 is 3.00 bits per heavy atom. The first-order valence-electron chi connectivity index (χ1n) is 9.85. The SMILES string of the molecule is Fc1ccc2nc(C3CCCN3Cc3nc(-c4ccc5c(c4)OCO5)no3)[nH]c2c1. The molecule has 30 heavy (non-hydrogen) atoms. The van der Waals surface area contributed by atoms with Crippen LogP contribution in [0, 0.1) is 5.82 Å². The lowest BCUT2D eigenvalue weighted by atomic mass is 10.2. The van der Waals surface area contributed by atoms with Gasteiger partial charge in [0.2, 0.25) is 18.5 Å². The minimum atomic E-state index is -0.275. The molecule has 0 aliphatic carbocycles. The van der Waals surface area contributed by atoms with Gasteiger partial charge in [0.05, 0.1) is 23.6 Å². The smallest absolute Gasteiger partial charge is 0.241 e. The molecule has 6 rings (SSSR count). The van der Waals surface area contributed by atoms with Crippen LogP contribution in [-0.4, -0.2) is 38.3 Å². The monoisotopic (exact) mass is 407 g/mol. The molecule has 4 aromatic rings. The van der Waals surface area contributed by atoms with E-state index in [9.17, 15) is 4.39 Å². The average Bonchev–Trinajstić information content (AvgIpc) is 3.53. The van der Waals surface area contributed by atoms with Crippen LogP contribution in [0.1, 0.15) is 30.6 Å². The van der Waals surface area contributed by atoms with Gasteiger partial charge in [0.25, 0.3) is 0 Å². The Hall–Kier alpha value is -3.46. The highest BCUT2D eigenvalue weighted by Crippen LogP contribution is 2.36. The molecule has 0 saturated carbocycles. The van der Waals surface area contributed by atoms with Crippen LogP contribution in [0.4, 0.5) is 4.39 Å². The van der Waals surface area contributed by atoms with Gasteiger partial charge < -0.3 is 19.0 Å². The number of hydrogen-bond donors (Lipinski definition) is 1. The number of nitrogens with zero attached hydrogens (tertiary/aromatic N) is 4. The minimum absolute atomic E-state index is 0.0985. The maximum absolute atomic E-state index is 13.5. The third-order valence-electron chi connectivity index (χ3n) is 5.58. The van der Waals surface area contributed by atoms with Crippen molar-refractivity contribution in [2.24, 2.45) is 0 Å². The van der Waals surface area contributed by atoms with E-state index in [0.29, 0.717) is 35.3 Å². The van der Waals surface area contributed by atoms with Crippen LogP contribution < -0.4 is 9.47 Å². The van der Waals surface area contributed by atoms with Gasteiger partial charge in [-0.2, -0.15) is 4.98 Å². The number of hydrogen-bond acceptors (Lipinski definition) is 7. The van der Waals surface area contributed by atoms with Gasteiger partial charge in [0.15, 0.2) is 11.5 Å². The van der Waals surface area contributed by atoms with E-state index >= 15 is 0 Å². The zero-order valence-electron chi connectivity index (χ0n) is 16.0. The van der Waals surface area contributed by atoms with Gasteiger partial charge in [0.1, 0.15) is 11.6 Å². The van der Waals surface area contributed by atoms with E-state index < -0.39 is 0 Å². The summed E-state index contributed by atoms with van der Waals surface area (Å²) in [4.78, 5) is 14.7. The highest BCUT2D eigenvalue weighted by atomic mass is 19.1. The number of aromatic amines is 1. The van der Waals surface area contributed by atoms with Crippen molar-refractivity contribution in [3.8, 4) is 22.9 Å². The molecule has 2 aliphatic rings. The molecule has 1 saturated heterocycles. The fraction of sp³-hybridized carbons (Fsp3) is 0.286. The Morgan fingerprint density at radius 2 is 2.03 bits per heavy atom. The number of rotatable bonds is 4. The summed E-state index contributed by atoms with van der Waals surface area (Å²) in [7, 11) is 0. The normalized spacial score (nSPS) is 18.5. The summed E-state index contributed by atoms with van der Waals surface area (Å²) in [6.45, 7) is 1.65. The predicted octanol–water partition coefficient (Wildman–Crippen LogP) is 3.82. The van der Waals surface area contributed by atoms with E-state index in [1.807, 2.05) is 18.2 Å². The minimum Gasteiger partial charge on any atom is -0.454 e. The molecule has 4 heterocycles. The largest absolute Gasteiger partial charge is 0.454 e. The third kappa shape index (κ3) is 2.98. The number of benzene rings is 2. The van der Waals surface area contributed by atoms with Crippen molar-refractivity contribution in [1.82, 2.24) is 25.0 Å². The molecular weight excluding hydrogens is 389 g/mol. The number of fused-ring (bicyclic) bond motifs is 2. The van der Waals surface area contributed by atoms with Gasteiger partial charge >= 0.3 is 0 Å². The van der Waals surface area contributed by atoms with Crippen molar-refractivity contribution in [1.29, 1.82) is 0 Å². The molecule has 2 aliphatic heterocycles. The molecular formula is C21H18FN5O3. The van der Waals surface area contributed by atoms with Crippen molar-refractivity contribution >= 4 is 11.0 Å². The molecule has 2 aromatic carbocycles. The summed E-state index contributed by atoms with van der Waals surface area (Å²) in [6, 6.07) is 10.3. The van der Waals surface area contributed by atoms with E-state index in [1.165, 1.54) is 12.1 Å². The van der Waals surface area contributed by atoms with Gasteiger partial charge in [-0.3, -0.25) is 4.90 Å². The summed E-state index contributed by atoms with van der Waals surface area (Å²) < 4.78 is 29.8. The Bertz CT molecular complexity index is 1240. The number of ether oxygens (including phenoxy) is 2. The number of aromatic nitrogens is 4. The average molecular weight is 407 g/mol. The second kappa shape index (κ2) is 6.81. The van der Waals surface area contributed by atoms with Crippen LogP contribution in [0.3, 0.4) is 0 Å². The first-order chi connectivity index (χ1) is 14.7. The van der Waals surface area contributed by atoms with Crippen molar-refractivity contribution in [2.75, 3.05) is 13.3 Å². The topological polar surface area (TPSA) is 89.3 Å². The molecule has 1 N–H and O–H groups in total. The quantitative estimate of drug-likeness (QED) is 0.550. The number of nitrogens with one attached hydrogen (secondary N) is 1. The van der Waals surface area contributed by atoms with Crippen molar-refractivity contribution in [2.45, 2.75) is 25.4 Å². The molecule has 9 heteroatoms. The van der Waals surface area contributed by atoms with Gasteiger partial charge in [0, 0.05) is 5.56 Å². The van der Waals surface area contributed by atoms with E-state index in [1.54, 1.807) is 6.07 Å². The Balaban J connectivity index is 1.23. The highest BCUT2D eigenvalue weighted by Gasteiger charge is 2.30. The number of likely N-dealkylation sites (tertiary alicyclic amines) is 1. The summed E-state index contributed by atoms with van der Waals surface area (Å²) in [5, 5.41) is 4.12. The van der Waals surface area contributed by atoms with Crippen LogP contribution in [0.2, 0.25) is 0 Å².